The molecular weight excluding hydrogens is 652 g/mol. The minimum atomic E-state index is -1.20. The number of amides is 3. The average molecular weight is 692 g/mol. The second kappa shape index (κ2) is 13.5. The van der Waals surface area contributed by atoms with Crippen molar-refractivity contribution >= 4 is 50.4 Å². The van der Waals surface area contributed by atoms with Gasteiger partial charge in [0.1, 0.15) is 23.8 Å². The zero-order valence-electron chi connectivity index (χ0n) is 25.7. The highest BCUT2D eigenvalue weighted by Crippen LogP contribution is 2.60. The lowest BCUT2D eigenvalue weighted by Crippen LogP contribution is -2.57. The van der Waals surface area contributed by atoms with Crippen molar-refractivity contribution in [2.24, 2.45) is 11.8 Å². The fraction of sp³-hybridized carbons (Fsp3) is 0.441. The van der Waals surface area contributed by atoms with E-state index in [4.69, 9.17) is 4.74 Å². The molecular formula is C34H39BrN6O5. The van der Waals surface area contributed by atoms with Gasteiger partial charge in [0.25, 0.3) is 0 Å². The Labute approximate surface area is 276 Å². The molecule has 6 rings (SSSR count). The summed E-state index contributed by atoms with van der Waals surface area (Å²) in [5.74, 6) is -2.41. The normalized spacial score (nSPS) is 26.3. The van der Waals surface area contributed by atoms with E-state index in [1.54, 1.807) is 31.5 Å². The third kappa shape index (κ3) is 5.46. The van der Waals surface area contributed by atoms with Crippen LogP contribution in [0.1, 0.15) is 25.7 Å². The Morgan fingerprint density at radius 3 is 2.52 bits per heavy atom. The predicted octanol–water partition coefficient (Wildman–Crippen LogP) is 3.53. The molecule has 3 aromatic rings. The first-order chi connectivity index (χ1) is 22.4. The Balaban J connectivity index is 1.38. The number of anilines is 1. The summed E-state index contributed by atoms with van der Waals surface area (Å²) in [5.41, 5.74) is 0.977. The second-order valence-electron chi connectivity index (χ2n) is 12.1. The number of ether oxygens (including phenoxy) is 1. The van der Waals surface area contributed by atoms with Crippen LogP contribution in [0.5, 0.6) is 0 Å². The van der Waals surface area contributed by atoms with Gasteiger partial charge in [0, 0.05) is 36.8 Å². The molecule has 12 heteroatoms. The maximum Gasteiger partial charge on any atom is 0.250 e. The van der Waals surface area contributed by atoms with Crippen molar-refractivity contribution in [3.63, 3.8) is 0 Å². The van der Waals surface area contributed by atoms with E-state index in [1.807, 2.05) is 54.6 Å². The number of aromatic nitrogens is 3. The number of fused-ring (bicyclic) bond motifs is 2. The summed E-state index contributed by atoms with van der Waals surface area (Å²) in [4.78, 5) is 48.4. The number of para-hydroxylation sites is 2. The molecule has 3 unspecified atom stereocenters. The molecule has 2 aromatic carbocycles. The number of aliphatic hydroxyl groups is 1. The van der Waals surface area contributed by atoms with Crippen molar-refractivity contribution in [3.8, 4) is 0 Å². The van der Waals surface area contributed by atoms with Gasteiger partial charge in [0.15, 0.2) is 0 Å². The van der Waals surface area contributed by atoms with Gasteiger partial charge >= 0.3 is 0 Å². The number of rotatable bonds is 14. The summed E-state index contributed by atoms with van der Waals surface area (Å²) in [6.07, 6.45) is 5.01. The van der Waals surface area contributed by atoms with Crippen LogP contribution in [0.15, 0.2) is 79.9 Å². The largest absolute Gasteiger partial charge is 0.396 e. The first-order valence-corrected chi connectivity index (χ1v) is 16.7. The third-order valence-electron chi connectivity index (χ3n) is 9.40. The van der Waals surface area contributed by atoms with E-state index in [0.717, 1.165) is 5.52 Å². The van der Waals surface area contributed by atoms with Crippen LogP contribution >= 0.6 is 15.9 Å². The standard InChI is InChI=1S/C34H39BrN6O5/c1-3-17-38(22-41-26-16-10-9-15-25(26)36-37-41)33(45)30-34-21-24(35)29(46-34)27(28(34)32(44)40(30)19-11-6-12-20-42)31(43)39(18-4-2)23-13-7-5-8-14-23/h3-5,7-10,13-16,24,27-30,42H,1-2,6,11-12,17-22H2/t24?,27-,28+,29-,30?,34?/m1/s1. The molecule has 0 aliphatic carbocycles. The lowest BCUT2D eigenvalue weighted by atomic mass is 9.70. The van der Waals surface area contributed by atoms with Crippen LogP contribution in [0.3, 0.4) is 0 Å². The first kappa shape index (κ1) is 32.1. The molecule has 3 amide bonds. The van der Waals surface area contributed by atoms with Crippen LogP contribution in [0, 0.1) is 11.8 Å². The molecule has 0 radical (unpaired) electrons. The average Bonchev–Trinajstić information content (AvgIpc) is 3.79. The van der Waals surface area contributed by atoms with Crippen LogP contribution in [0.2, 0.25) is 0 Å². The first-order valence-electron chi connectivity index (χ1n) is 15.7. The summed E-state index contributed by atoms with van der Waals surface area (Å²) in [6, 6.07) is 15.9. The van der Waals surface area contributed by atoms with Crippen LogP contribution in [0.25, 0.3) is 11.0 Å². The van der Waals surface area contributed by atoms with Gasteiger partial charge in [-0.3, -0.25) is 14.4 Å². The number of carbonyl (C=O) groups excluding carboxylic acids is 3. The minimum Gasteiger partial charge on any atom is -0.396 e. The highest BCUT2D eigenvalue weighted by atomic mass is 79.9. The Morgan fingerprint density at radius 1 is 1.04 bits per heavy atom. The molecule has 1 aromatic heterocycles. The third-order valence-corrected chi connectivity index (χ3v) is 10.2. The van der Waals surface area contributed by atoms with Gasteiger partial charge in [0.2, 0.25) is 17.7 Å². The molecule has 0 saturated carbocycles. The van der Waals surface area contributed by atoms with Crippen molar-refractivity contribution in [2.75, 3.05) is 31.1 Å². The number of alkyl halides is 1. The van der Waals surface area contributed by atoms with E-state index in [2.05, 4.69) is 39.4 Å². The van der Waals surface area contributed by atoms with Gasteiger partial charge in [-0.1, -0.05) is 63.6 Å². The molecule has 242 valence electrons. The molecule has 11 nitrogen and oxygen atoms in total. The highest BCUT2D eigenvalue weighted by Gasteiger charge is 2.76. The van der Waals surface area contributed by atoms with E-state index in [1.165, 1.54) is 0 Å². The van der Waals surface area contributed by atoms with E-state index in [0.29, 0.717) is 43.4 Å². The summed E-state index contributed by atoms with van der Waals surface area (Å²) in [6.45, 7) is 8.68. The lowest BCUT2D eigenvalue weighted by molar-refractivity contribution is -0.149. The molecule has 1 spiro atoms. The van der Waals surface area contributed by atoms with Crippen molar-refractivity contribution in [3.05, 3.63) is 79.9 Å². The summed E-state index contributed by atoms with van der Waals surface area (Å²) >= 11 is 3.78. The summed E-state index contributed by atoms with van der Waals surface area (Å²) in [7, 11) is 0. The fourth-order valence-electron chi connectivity index (χ4n) is 7.47. The number of nitrogens with zero attached hydrogens (tertiary/aromatic N) is 6. The molecule has 3 fully saturated rings. The Kier molecular flexibility index (Phi) is 9.39. The number of halogens is 1. The number of carbonyl (C=O) groups is 3. The smallest absolute Gasteiger partial charge is 0.250 e. The zero-order chi connectivity index (χ0) is 32.4. The predicted molar refractivity (Wildman–Crippen MR) is 177 cm³/mol. The van der Waals surface area contributed by atoms with Gasteiger partial charge in [-0.2, -0.15) is 0 Å². The molecule has 3 aliphatic rings. The molecule has 4 heterocycles. The van der Waals surface area contributed by atoms with Crippen molar-refractivity contribution in [1.29, 1.82) is 0 Å². The number of likely N-dealkylation sites (tertiary alicyclic amines) is 1. The molecule has 2 bridgehead atoms. The number of benzene rings is 2. The summed E-state index contributed by atoms with van der Waals surface area (Å²) < 4.78 is 8.42. The van der Waals surface area contributed by atoms with Gasteiger partial charge in [-0.25, -0.2) is 4.68 Å². The van der Waals surface area contributed by atoms with Gasteiger partial charge in [-0.15, -0.1) is 18.3 Å². The quantitative estimate of drug-likeness (QED) is 0.156. The second-order valence-corrected chi connectivity index (χ2v) is 13.3. The van der Waals surface area contributed by atoms with Crippen LogP contribution in [-0.4, -0.2) is 96.4 Å². The van der Waals surface area contributed by atoms with Gasteiger partial charge in [-0.05, 0) is 49.9 Å². The van der Waals surface area contributed by atoms with Crippen LogP contribution < -0.4 is 4.90 Å². The van der Waals surface area contributed by atoms with E-state index < -0.39 is 29.6 Å². The fourth-order valence-corrected chi connectivity index (χ4v) is 8.41. The molecule has 3 saturated heterocycles. The topological polar surface area (TPSA) is 121 Å². The monoisotopic (exact) mass is 690 g/mol. The van der Waals surface area contributed by atoms with Gasteiger partial charge < -0.3 is 24.5 Å². The van der Waals surface area contributed by atoms with E-state index in [9.17, 15) is 19.5 Å². The minimum absolute atomic E-state index is 0.0487. The molecule has 3 aliphatic heterocycles. The van der Waals surface area contributed by atoms with Crippen LogP contribution in [0.4, 0.5) is 5.69 Å². The number of hydrogen-bond acceptors (Lipinski definition) is 7. The number of hydrogen-bond donors (Lipinski definition) is 1. The van der Waals surface area contributed by atoms with Crippen LogP contribution in [-0.2, 0) is 25.8 Å². The van der Waals surface area contributed by atoms with Crippen molar-refractivity contribution < 1.29 is 24.2 Å². The highest BCUT2D eigenvalue weighted by molar-refractivity contribution is 9.09. The van der Waals surface area contributed by atoms with Crippen molar-refractivity contribution in [2.45, 2.75) is 54.9 Å². The zero-order valence-corrected chi connectivity index (χ0v) is 27.2. The molecule has 6 atom stereocenters. The number of unbranched alkanes of at least 4 members (excludes halogenated alkanes) is 2. The molecule has 1 N–H and O–H groups in total. The molecule has 46 heavy (non-hydrogen) atoms. The maximum atomic E-state index is 14.8. The number of aliphatic hydroxyl groups excluding tert-OH is 1. The Hall–Kier alpha value is -3.87. The van der Waals surface area contributed by atoms with Crippen molar-refractivity contribution in [1.82, 2.24) is 24.8 Å². The maximum absolute atomic E-state index is 14.8. The Morgan fingerprint density at radius 2 is 1.78 bits per heavy atom. The Bertz CT molecular complexity index is 1620. The lowest BCUT2D eigenvalue weighted by Gasteiger charge is -2.37. The summed E-state index contributed by atoms with van der Waals surface area (Å²) in [5, 5.41) is 17.9. The van der Waals surface area contributed by atoms with E-state index in [-0.39, 0.29) is 48.9 Å². The van der Waals surface area contributed by atoms with E-state index >= 15 is 0 Å². The SMILES string of the molecule is C=CCN(Cn1nnc2ccccc21)C(=O)C1N(CCCCCO)C(=O)[C@@H]2[C@@H](C(=O)N(CC=C)c3ccccc3)[C@@H]3OC12CC3Br. The van der Waals surface area contributed by atoms with Gasteiger partial charge in [0.05, 0.1) is 23.5 Å².